The summed E-state index contributed by atoms with van der Waals surface area (Å²) in [6.45, 7) is 1.73. The van der Waals surface area contributed by atoms with Gasteiger partial charge < -0.3 is 10.1 Å². The molecule has 214 valence electrons. The van der Waals surface area contributed by atoms with Crippen molar-refractivity contribution >= 4 is 66.2 Å². The number of benzene rings is 4. The number of amides is 1. The topological polar surface area (TPSA) is 122 Å². The van der Waals surface area contributed by atoms with E-state index in [0.717, 1.165) is 4.31 Å². The lowest BCUT2D eigenvalue weighted by molar-refractivity contribution is -0.114. The number of nitrogens with zero attached hydrogens (tertiary/aromatic N) is 1. The van der Waals surface area contributed by atoms with Gasteiger partial charge in [-0.3, -0.25) is 13.8 Å². The van der Waals surface area contributed by atoms with Gasteiger partial charge in [0, 0.05) is 5.69 Å². The number of anilines is 3. The van der Waals surface area contributed by atoms with E-state index >= 15 is 0 Å². The van der Waals surface area contributed by atoms with E-state index in [1.54, 1.807) is 48.5 Å². The maximum atomic E-state index is 13.5. The molecule has 4 rings (SSSR count). The molecule has 0 aliphatic rings. The molecule has 0 atom stereocenters. The second-order valence-electron chi connectivity index (χ2n) is 8.53. The molecular weight excluding hydrogens is 609 g/mol. The SMILES string of the molecule is CCOc1ccc(N(CC(=O)Nc2ccc(S(=O)(=O)Nc3cccc(Cl)c3Cl)cc2)S(=O)(=O)c2ccccc2)cc1. The Bertz CT molecular complexity index is 1730. The predicted octanol–water partition coefficient (Wildman–Crippen LogP) is 6.03. The van der Waals surface area contributed by atoms with Crippen LogP contribution in [0.5, 0.6) is 5.75 Å². The number of ether oxygens (including phenoxy) is 1. The molecule has 0 aliphatic heterocycles. The lowest BCUT2D eigenvalue weighted by atomic mass is 10.3. The molecule has 0 radical (unpaired) electrons. The molecular formula is C28H25Cl2N3O6S2. The van der Waals surface area contributed by atoms with Crippen molar-refractivity contribution in [3.05, 3.63) is 107 Å². The predicted molar refractivity (Wildman–Crippen MR) is 161 cm³/mol. The van der Waals surface area contributed by atoms with Gasteiger partial charge >= 0.3 is 0 Å². The zero-order valence-corrected chi connectivity index (χ0v) is 24.8. The highest BCUT2D eigenvalue weighted by Gasteiger charge is 2.27. The van der Waals surface area contributed by atoms with Crippen molar-refractivity contribution in [1.29, 1.82) is 0 Å². The number of hydrogen-bond acceptors (Lipinski definition) is 6. The van der Waals surface area contributed by atoms with Crippen LogP contribution >= 0.6 is 23.2 Å². The third-order valence-electron chi connectivity index (χ3n) is 5.70. The van der Waals surface area contributed by atoms with Gasteiger partial charge in [0.1, 0.15) is 12.3 Å². The molecule has 1 amide bonds. The van der Waals surface area contributed by atoms with Gasteiger partial charge in [-0.2, -0.15) is 0 Å². The van der Waals surface area contributed by atoms with Crippen molar-refractivity contribution in [3.63, 3.8) is 0 Å². The number of rotatable bonds is 11. The van der Waals surface area contributed by atoms with Crippen LogP contribution in [0.3, 0.4) is 0 Å². The van der Waals surface area contributed by atoms with Crippen LogP contribution in [0.25, 0.3) is 0 Å². The number of nitrogens with one attached hydrogen (secondary N) is 2. The normalized spacial score (nSPS) is 11.5. The van der Waals surface area contributed by atoms with Crippen LogP contribution < -0.4 is 19.1 Å². The number of hydrogen-bond donors (Lipinski definition) is 2. The molecule has 0 fully saturated rings. The fourth-order valence-corrected chi connectivity index (χ4v) is 6.66. The average Bonchev–Trinajstić information content (AvgIpc) is 2.95. The molecule has 13 heteroatoms. The van der Waals surface area contributed by atoms with E-state index in [2.05, 4.69) is 10.0 Å². The lowest BCUT2D eigenvalue weighted by Gasteiger charge is -2.24. The van der Waals surface area contributed by atoms with Crippen LogP contribution in [0, 0.1) is 0 Å². The molecule has 0 bridgehead atoms. The Balaban J connectivity index is 1.53. The molecule has 0 saturated carbocycles. The van der Waals surface area contributed by atoms with Gasteiger partial charge in [0.15, 0.2) is 0 Å². The van der Waals surface area contributed by atoms with Gasteiger partial charge in [0.25, 0.3) is 20.0 Å². The van der Waals surface area contributed by atoms with Crippen LogP contribution in [-0.4, -0.2) is 35.9 Å². The van der Waals surface area contributed by atoms with Gasteiger partial charge in [-0.25, -0.2) is 16.8 Å². The summed E-state index contributed by atoms with van der Waals surface area (Å²) in [5.74, 6) is -0.0854. The molecule has 0 aliphatic carbocycles. The maximum absolute atomic E-state index is 13.5. The Morgan fingerprint density at radius 1 is 0.805 bits per heavy atom. The fraction of sp³-hybridized carbons (Fsp3) is 0.107. The molecule has 2 N–H and O–H groups in total. The van der Waals surface area contributed by atoms with E-state index in [1.165, 1.54) is 48.5 Å². The zero-order chi connectivity index (χ0) is 29.6. The largest absolute Gasteiger partial charge is 0.494 e. The summed E-state index contributed by atoms with van der Waals surface area (Å²) in [6, 6.07) is 24.0. The van der Waals surface area contributed by atoms with E-state index in [9.17, 15) is 21.6 Å². The molecule has 0 unspecified atom stereocenters. The highest BCUT2D eigenvalue weighted by Crippen LogP contribution is 2.31. The zero-order valence-electron chi connectivity index (χ0n) is 21.6. The fourth-order valence-electron chi connectivity index (χ4n) is 3.74. The van der Waals surface area contributed by atoms with Crippen molar-refractivity contribution in [2.45, 2.75) is 16.7 Å². The van der Waals surface area contributed by atoms with Crippen LogP contribution in [-0.2, 0) is 24.8 Å². The summed E-state index contributed by atoms with van der Waals surface area (Å²) in [5.41, 5.74) is 0.642. The lowest BCUT2D eigenvalue weighted by Crippen LogP contribution is -2.38. The molecule has 41 heavy (non-hydrogen) atoms. The Kier molecular flexibility index (Phi) is 9.44. The van der Waals surface area contributed by atoms with Gasteiger partial charge in [0.2, 0.25) is 5.91 Å². The number of carbonyl (C=O) groups excluding carboxylic acids is 1. The van der Waals surface area contributed by atoms with Crippen LogP contribution in [0.4, 0.5) is 17.1 Å². The first kappa shape index (κ1) is 30.2. The highest BCUT2D eigenvalue weighted by molar-refractivity contribution is 7.93. The van der Waals surface area contributed by atoms with Crippen molar-refractivity contribution < 1.29 is 26.4 Å². The first-order valence-electron chi connectivity index (χ1n) is 12.2. The van der Waals surface area contributed by atoms with E-state index in [-0.39, 0.29) is 36.9 Å². The summed E-state index contributed by atoms with van der Waals surface area (Å²) in [6.07, 6.45) is 0. The van der Waals surface area contributed by atoms with Crippen molar-refractivity contribution in [2.24, 2.45) is 0 Å². The highest BCUT2D eigenvalue weighted by atomic mass is 35.5. The first-order valence-corrected chi connectivity index (χ1v) is 15.9. The summed E-state index contributed by atoms with van der Waals surface area (Å²) in [7, 11) is -8.12. The monoisotopic (exact) mass is 633 g/mol. The molecule has 0 aromatic heterocycles. The summed E-state index contributed by atoms with van der Waals surface area (Å²) >= 11 is 12.1. The quantitative estimate of drug-likeness (QED) is 0.208. The van der Waals surface area contributed by atoms with E-state index in [0.29, 0.717) is 12.4 Å². The van der Waals surface area contributed by atoms with Gasteiger partial charge in [-0.1, -0.05) is 47.5 Å². The Morgan fingerprint density at radius 3 is 2.10 bits per heavy atom. The molecule has 9 nitrogen and oxygen atoms in total. The Labute approximate surface area is 248 Å². The smallest absolute Gasteiger partial charge is 0.264 e. The summed E-state index contributed by atoms with van der Waals surface area (Å²) < 4.78 is 61.5. The van der Waals surface area contributed by atoms with Crippen LogP contribution in [0.2, 0.25) is 10.0 Å². The first-order chi connectivity index (χ1) is 19.5. The van der Waals surface area contributed by atoms with Crippen molar-refractivity contribution in [2.75, 3.05) is 27.5 Å². The Morgan fingerprint density at radius 2 is 1.46 bits per heavy atom. The number of halogens is 2. The van der Waals surface area contributed by atoms with Gasteiger partial charge in [-0.15, -0.1) is 0 Å². The maximum Gasteiger partial charge on any atom is 0.264 e. The van der Waals surface area contributed by atoms with E-state index < -0.39 is 32.5 Å². The molecule has 0 heterocycles. The van der Waals surface area contributed by atoms with Crippen molar-refractivity contribution in [1.82, 2.24) is 0 Å². The second-order valence-corrected chi connectivity index (χ2v) is 12.9. The average molecular weight is 635 g/mol. The third-order valence-corrected chi connectivity index (χ3v) is 9.69. The molecule has 4 aromatic carbocycles. The van der Waals surface area contributed by atoms with E-state index in [1.807, 2.05) is 6.92 Å². The number of carbonyl (C=O) groups is 1. The van der Waals surface area contributed by atoms with Crippen LogP contribution in [0.1, 0.15) is 6.92 Å². The molecule has 0 saturated heterocycles. The van der Waals surface area contributed by atoms with Gasteiger partial charge in [0.05, 0.1) is 37.8 Å². The minimum absolute atomic E-state index is 0.0172. The van der Waals surface area contributed by atoms with Gasteiger partial charge in [-0.05, 0) is 79.7 Å². The minimum Gasteiger partial charge on any atom is -0.494 e. The summed E-state index contributed by atoms with van der Waals surface area (Å²) in [5, 5.41) is 2.87. The van der Waals surface area contributed by atoms with Crippen molar-refractivity contribution in [3.8, 4) is 5.75 Å². The van der Waals surface area contributed by atoms with Crippen LogP contribution in [0.15, 0.2) is 107 Å². The Hall–Kier alpha value is -3.77. The third kappa shape index (κ3) is 7.31. The molecule has 0 spiro atoms. The van der Waals surface area contributed by atoms with E-state index in [4.69, 9.17) is 27.9 Å². The second kappa shape index (κ2) is 12.8. The summed E-state index contributed by atoms with van der Waals surface area (Å²) in [4.78, 5) is 13.0. The minimum atomic E-state index is -4.11. The standard InChI is InChI=1S/C28H25Cl2N3O6S2/c1-2-39-22-15-13-21(14-16-22)33(41(37,38)24-7-4-3-5-8-24)19-27(34)31-20-11-17-23(18-12-20)40(35,36)32-26-10-6-9-25(29)28(26)30/h3-18,32H,2,19H2,1H3,(H,31,34). The molecule has 4 aromatic rings. The number of sulfonamides is 2.